The highest BCUT2D eigenvalue weighted by Crippen LogP contribution is 2.34. The lowest BCUT2D eigenvalue weighted by atomic mass is 9.88. The summed E-state index contributed by atoms with van der Waals surface area (Å²) in [5.41, 5.74) is 2.10. The normalized spacial score (nSPS) is 24.1. The Balaban J connectivity index is 2.30. The van der Waals surface area contributed by atoms with E-state index in [1.807, 2.05) is 19.2 Å². The van der Waals surface area contributed by atoms with Gasteiger partial charge in [-0.25, -0.2) is 0 Å². The van der Waals surface area contributed by atoms with Crippen molar-refractivity contribution in [2.24, 2.45) is 5.92 Å². The van der Waals surface area contributed by atoms with E-state index in [9.17, 15) is 0 Å². The lowest BCUT2D eigenvalue weighted by Gasteiger charge is -2.35. The van der Waals surface area contributed by atoms with Gasteiger partial charge in [0.1, 0.15) is 0 Å². The average Bonchev–Trinajstić information content (AvgIpc) is 2.70. The van der Waals surface area contributed by atoms with Gasteiger partial charge in [0.05, 0.1) is 11.6 Å². The highest BCUT2D eigenvalue weighted by atomic mass is 15.2. The number of rotatable bonds is 4. The Bertz CT molecular complexity index is 446. The third-order valence-corrected chi connectivity index (χ3v) is 4.36. The van der Waals surface area contributed by atoms with Crippen molar-refractivity contribution in [2.75, 3.05) is 26.7 Å². The summed E-state index contributed by atoms with van der Waals surface area (Å²) in [6.07, 6.45) is 3.89. The number of nitrogens with one attached hydrogen (secondary N) is 1. The second-order valence-electron chi connectivity index (χ2n) is 5.62. The molecule has 1 N–H and O–H groups in total. The minimum atomic E-state index is 0.475. The molecule has 0 amide bonds. The molecule has 1 aromatic carbocycles. The molecule has 0 saturated carbocycles. The van der Waals surface area contributed by atoms with E-state index in [1.165, 1.54) is 31.4 Å². The van der Waals surface area contributed by atoms with Crippen LogP contribution in [0.25, 0.3) is 0 Å². The predicted molar refractivity (Wildman–Crippen MR) is 82.4 cm³/mol. The molecule has 0 spiro atoms. The molecule has 1 heterocycles. The first-order valence-corrected chi connectivity index (χ1v) is 7.68. The fourth-order valence-corrected chi connectivity index (χ4v) is 3.39. The number of benzene rings is 1. The maximum absolute atomic E-state index is 8.95. The van der Waals surface area contributed by atoms with Crippen LogP contribution in [-0.4, -0.2) is 31.6 Å². The molecule has 0 radical (unpaired) electrons. The molecule has 1 fully saturated rings. The van der Waals surface area contributed by atoms with E-state index in [2.05, 4.69) is 35.3 Å². The molecule has 0 aromatic heterocycles. The van der Waals surface area contributed by atoms with Crippen LogP contribution in [0.3, 0.4) is 0 Å². The molecule has 2 atom stereocenters. The Hall–Kier alpha value is -1.37. The summed E-state index contributed by atoms with van der Waals surface area (Å²) in [4.78, 5) is 2.59. The summed E-state index contributed by atoms with van der Waals surface area (Å²) in [5.74, 6) is 0.649. The SMILES string of the molecule is CCN1CCCCC(CNC)C1c1ccc(C#N)cc1. The third kappa shape index (κ3) is 3.39. The van der Waals surface area contributed by atoms with Crippen molar-refractivity contribution in [3.63, 3.8) is 0 Å². The maximum atomic E-state index is 8.95. The van der Waals surface area contributed by atoms with E-state index >= 15 is 0 Å². The summed E-state index contributed by atoms with van der Waals surface area (Å²) in [6, 6.07) is 10.9. The van der Waals surface area contributed by atoms with Gasteiger partial charge in [0.15, 0.2) is 0 Å². The van der Waals surface area contributed by atoms with Gasteiger partial charge in [-0.05, 0) is 63.1 Å². The lowest BCUT2D eigenvalue weighted by molar-refractivity contribution is 0.162. The quantitative estimate of drug-likeness (QED) is 0.915. The van der Waals surface area contributed by atoms with Crippen molar-refractivity contribution in [2.45, 2.75) is 32.2 Å². The molecule has 1 aromatic rings. The molecular weight excluding hydrogens is 246 g/mol. The van der Waals surface area contributed by atoms with Gasteiger partial charge in [-0.3, -0.25) is 4.90 Å². The first kappa shape index (κ1) is 15.0. The fraction of sp³-hybridized carbons (Fsp3) is 0.588. The third-order valence-electron chi connectivity index (χ3n) is 4.36. The second kappa shape index (κ2) is 7.42. The van der Waals surface area contributed by atoms with Crippen LogP contribution in [0.1, 0.15) is 43.4 Å². The molecule has 2 unspecified atom stereocenters. The topological polar surface area (TPSA) is 39.1 Å². The number of hydrogen-bond donors (Lipinski definition) is 1. The molecule has 3 heteroatoms. The van der Waals surface area contributed by atoms with E-state index in [-0.39, 0.29) is 0 Å². The fourth-order valence-electron chi connectivity index (χ4n) is 3.39. The Morgan fingerprint density at radius 2 is 2.05 bits per heavy atom. The van der Waals surface area contributed by atoms with E-state index < -0.39 is 0 Å². The van der Waals surface area contributed by atoms with Crippen molar-refractivity contribution in [3.8, 4) is 6.07 Å². The smallest absolute Gasteiger partial charge is 0.0991 e. The van der Waals surface area contributed by atoms with Gasteiger partial charge >= 0.3 is 0 Å². The predicted octanol–water partition coefficient (Wildman–Crippen LogP) is 2.94. The van der Waals surface area contributed by atoms with Crippen LogP contribution in [0.5, 0.6) is 0 Å². The van der Waals surface area contributed by atoms with E-state index in [0.717, 1.165) is 18.7 Å². The zero-order valence-corrected chi connectivity index (χ0v) is 12.6. The zero-order chi connectivity index (χ0) is 14.4. The molecule has 0 bridgehead atoms. The van der Waals surface area contributed by atoms with Crippen LogP contribution in [0.4, 0.5) is 0 Å². The maximum Gasteiger partial charge on any atom is 0.0991 e. The average molecular weight is 271 g/mol. The molecule has 20 heavy (non-hydrogen) atoms. The van der Waals surface area contributed by atoms with E-state index in [0.29, 0.717) is 12.0 Å². The van der Waals surface area contributed by atoms with Crippen LogP contribution >= 0.6 is 0 Å². The Morgan fingerprint density at radius 3 is 2.65 bits per heavy atom. The number of nitrogens with zero attached hydrogens (tertiary/aromatic N) is 2. The first-order valence-electron chi connectivity index (χ1n) is 7.68. The summed E-state index contributed by atoms with van der Waals surface area (Å²) in [5, 5.41) is 12.3. The number of hydrogen-bond acceptors (Lipinski definition) is 3. The highest BCUT2D eigenvalue weighted by molar-refractivity contribution is 5.33. The number of nitriles is 1. The Labute approximate surface area is 122 Å². The van der Waals surface area contributed by atoms with Gasteiger partial charge in [-0.1, -0.05) is 25.5 Å². The Kier molecular flexibility index (Phi) is 5.58. The largest absolute Gasteiger partial charge is 0.319 e. The summed E-state index contributed by atoms with van der Waals surface area (Å²) >= 11 is 0. The van der Waals surface area contributed by atoms with Crippen molar-refractivity contribution in [1.29, 1.82) is 5.26 Å². The van der Waals surface area contributed by atoms with Crippen molar-refractivity contribution < 1.29 is 0 Å². The van der Waals surface area contributed by atoms with Gasteiger partial charge < -0.3 is 5.32 Å². The van der Waals surface area contributed by atoms with Crippen molar-refractivity contribution in [1.82, 2.24) is 10.2 Å². The summed E-state index contributed by atoms with van der Waals surface area (Å²) in [6.45, 7) is 5.58. The van der Waals surface area contributed by atoms with Crippen LogP contribution in [0, 0.1) is 17.2 Å². The highest BCUT2D eigenvalue weighted by Gasteiger charge is 2.29. The van der Waals surface area contributed by atoms with Gasteiger partial charge in [0.2, 0.25) is 0 Å². The molecular formula is C17H25N3. The van der Waals surface area contributed by atoms with Gasteiger partial charge in [-0.15, -0.1) is 0 Å². The molecule has 1 aliphatic rings. The van der Waals surface area contributed by atoms with Gasteiger partial charge in [-0.2, -0.15) is 5.26 Å². The molecule has 108 valence electrons. The first-order chi connectivity index (χ1) is 9.80. The van der Waals surface area contributed by atoms with Crippen molar-refractivity contribution in [3.05, 3.63) is 35.4 Å². The Morgan fingerprint density at radius 1 is 1.30 bits per heavy atom. The van der Waals surface area contributed by atoms with Gasteiger partial charge in [0, 0.05) is 6.04 Å². The van der Waals surface area contributed by atoms with E-state index in [4.69, 9.17) is 5.26 Å². The lowest BCUT2D eigenvalue weighted by Crippen LogP contribution is -2.36. The van der Waals surface area contributed by atoms with Crippen LogP contribution in [0.2, 0.25) is 0 Å². The van der Waals surface area contributed by atoms with Crippen molar-refractivity contribution >= 4 is 0 Å². The monoisotopic (exact) mass is 271 g/mol. The standard InChI is InChI=1S/C17H25N3/c1-3-20-11-5-4-6-16(13-19-2)17(20)15-9-7-14(12-18)8-10-15/h7-10,16-17,19H,3-6,11,13H2,1-2H3. The molecule has 1 saturated heterocycles. The molecule has 3 nitrogen and oxygen atoms in total. The van der Waals surface area contributed by atoms with E-state index in [1.54, 1.807) is 0 Å². The number of likely N-dealkylation sites (tertiary alicyclic amines) is 1. The molecule has 1 aliphatic heterocycles. The molecule has 2 rings (SSSR count). The minimum absolute atomic E-state index is 0.475. The summed E-state index contributed by atoms with van der Waals surface area (Å²) in [7, 11) is 2.04. The van der Waals surface area contributed by atoms with Crippen LogP contribution < -0.4 is 5.32 Å². The molecule has 0 aliphatic carbocycles. The van der Waals surface area contributed by atoms with Gasteiger partial charge in [0.25, 0.3) is 0 Å². The van der Waals surface area contributed by atoms with Crippen LogP contribution in [-0.2, 0) is 0 Å². The van der Waals surface area contributed by atoms with Crippen LogP contribution in [0.15, 0.2) is 24.3 Å². The second-order valence-corrected chi connectivity index (χ2v) is 5.62. The zero-order valence-electron chi connectivity index (χ0n) is 12.6. The minimum Gasteiger partial charge on any atom is -0.319 e. The summed E-state index contributed by atoms with van der Waals surface area (Å²) < 4.78 is 0.